The van der Waals surface area contributed by atoms with E-state index in [9.17, 15) is 17.6 Å². The smallest absolute Gasteiger partial charge is 0.348 e. The maximum Gasteiger partial charge on any atom is 0.416 e. The third kappa shape index (κ3) is 2.62. The van der Waals surface area contributed by atoms with E-state index < -0.39 is 17.7 Å². The molecule has 14 heavy (non-hydrogen) atoms. The van der Waals surface area contributed by atoms with Gasteiger partial charge in [-0.3, -0.25) is 0 Å². The van der Waals surface area contributed by atoms with Gasteiger partial charge in [0.05, 0.1) is 5.57 Å². The van der Waals surface area contributed by atoms with Gasteiger partial charge in [0, 0.05) is 13.1 Å². The van der Waals surface area contributed by atoms with Gasteiger partial charge in [-0.2, -0.15) is 17.6 Å². The number of hydrogen-bond donors (Lipinski definition) is 0. The van der Waals surface area contributed by atoms with Crippen LogP contribution in [0.2, 0.25) is 0 Å². The van der Waals surface area contributed by atoms with Crippen LogP contribution in [-0.2, 0) is 0 Å². The van der Waals surface area contributed by atoms with Crippen LogP contribution in [0, 0.1) is 0 Å². The molecule has 0 saturated carbocycles. The molecule has 1 fully saturated rings. The van der Waals surface area contributed by atoms with Gasteiger partial charge in [-0.05, 0) is 26.2 Å². The van der Waals surface area contributed by atoms with Crippen LogP contribution >= 0.6 is 0 Å². The van der Waals surface area contributed by atoms with Gasteiger partial charge in [0.2, 0.25) is 0 Å². The zero-order valence-electron chi connectivity index (χ0n) is 7.99. The molecular formula is C9H13F4N. The molecule has 0 bridgehead atoms. The fourth-order valence-electron chi connectivity index (χ4n) is 1.44. The number of rotatable bonds is 1. The molecule has 0 aromatic carbocycles. The lowest BCUT2D eigenvalue weighted by molar-refractivity contribution is -0.0953. The van der Waals surface area contributed by atoms with E-state index in [1.807, 2.05) is 0 Å². The summed E-state index contributed by atoms with van der Waals surface area (Å²) in [6, 6.07) is 0. The van der Waals surface area contributed by atoms with E-state index in [1.54, 1.807) is 0 Å². The minimum Gasteiger partial charge on any atom is -0.348 e. The van der Waals surface area contributed by atoms with Crippen LogP contribution in [0.4, 0.5) is 17.6 Å². The number of likely N-dealkylation sites (tertiary alicyclic amines) is 1. The largest absolute Gasteiger partial charge is 0.416 e. The van der Waals surface area contributed by atoms with Gasteiger partial charge >= 0.3 is 6.18 Å². The van der Waals surface area contributed by atoms with E-state index in [2.05, 4.69) is 0 Å². The Labute approximate surface area is 80.4 Å². The van der Waals surface area contributed by atoms with Gasteiger partial charge in [-0.25, -0.2) is 0 Å². The van der Waals surface area contributed by atoms with E-state index in [-0.39, 0.29) is 0 Å². The molecule has 0 unspecified atom stereocenters. The summed E-state index contributed by atoms with van der Waals surface area (Å²) >= 11 is 0. The second kappa shape index (κ2) is 4.19. The zero-order valence-corrected chi connectivity index (χ0v) is 7.99. The first-order valence-electron chi connectivity index (χ1n) is 4.61. The zero-order chi connectivity index (χ0) is 10.8. The maximum atomic E-state index is 13.3. The molecule has 0 aromatic rings. The van der Waals surface area contributed by atoms with Crippen molar-refractivity contribution in [3.63, 3.8) is 0 Å². The molecule has 0 radical (unpaired) electrons. The Bertz CT molecular complexity index is 225. The molecule has 82 valence electrons. The van der Waals surface area contributed by atoms with Crippen molar-refractivity contribution in [2.24, 2.45) is 0 Å². The number of nitrogens with zero attached hydrogens (tertiary/aromatic N) is 1. The molecule has 0 aliphatic carbocycles. The Morgan fingerprint density at radius 2 is 1.57 bits per heavy atom. The Hall–Kier alpha value is -0.740. The summed E-state index contributed by atoms with van der Waals surface area (Å²) < 4.78 is 49.7. The van der Waals surface area contributed by atoms with Gasteiger partial charge in [0.15, 0.2) is 5.95 Å². The highest BCUT2D eigenvalue weighted by molar-refractivity contribution is 5.10. The average Bonchev–Trinajstić information content (AvgIpc) is 2.15. The first-order chi connectivity index (χ1) is 6.43. The van der Waals surface area contributed by atoms with Crippen LogP contribution < -0.4 is 0 Å². The van der Waals surface area contributed by atoms with Crippen LogP contribution in [0.15, 0.2) is 11.5 Å². The van der Waals surface area contributed by atoms with Crippen molar-refractivity contribution in [1.29, 1.82) is 0 Å². The molecule has 1 saturated heterocycles. The van der Waals surface area contributed by atoms with Crippen LogP contribution in [-0.4, -0.2) is 24.2 Å². The quantitative estimate of drug-likeness (QED) is 0.475. The van der Waals surface area contributed by atoms with Gasteiger partial charge in [-0.1, -0.05) is 0 Å². The number of alkyl halides is 3. The van der Waals surface area contributed by atoms with Crippen LogP contribution in [0.5, 0.6) is 0 Å². The summed E-state index contributed by atoms with van der Waals surface area (Å²) in [5, 5.41) is 0. The second-order valence-corrected chi connectivity index (χ2v) is 3.46. The molecule has 1 aliphatic heterocycles. The van der Waals surface area contributed by atoms with E-state index in [0.29, 0.717) is 13.1 Å². The van der Waals surface area contributed by atoms with Crippen molar-refractivity contribution >= 4 is 0 Å². The topological polar surface area (TPSA) is 3.24 Å². The number of hydrogen-bond acceptors (Lipinski definition) is 1. The summed E-state index contributed by atoms with van der Waals surface area (Å²) in [5.74, 6) is -1.11. The highest BCUT2D eigenvalue weighted by Crippen LogP contribution is 2.30. The first-order valence-corrected chi connectivity index (χ1v) is 4.61. The highest BCUT2D eigenvalue weighted by Gasteiger charge is 2.35. The molecule has 5 heteroatoms. The minimum atomic E-state index is -4.55. The van der Waals surface area contributed by atoms with Gasteiger partial charge in [-0.15, -0.1) is 0 Å². The summed E-state index contributed by atoms with van der Waals surface area (Å²) in [4.78, 5) is 1.17. The summed E-state index contributed by atoms with van der Waals surface area (Å²) in [5.41, 5.74) is -1.13. The molecule has 0 amide bonds. The van der Waals surface area contributed by atoms with Gasteiger partial charge in [0.1, 0.15) is 0 Å². The van der Waals surface area contributed by atoms with Crippen molar-refractivity contribution in [3.05, 3.63) is 11.5 Å². The van der Waals surface area contributed by atoms with Crippen molar-refractivity contribution in [2.45, 2.75) is 32.4 Å². The fourth-order valence-corrected chi connectivity index (χ4v) is 1.44. The SMILES string of the molecule is CC(=C(F)N1CCCCC1)C(F)(F)F. The maximum absolute atomic E-state index is 13.3. The number of allylic oxidation sites excluding steroid dienone is 1. The van der Waals surface area contributed by atoms with Crippen LogP contribution in [0.1, 0.15) is 26.2 Å². The summed E-state index contributed by atoms with van der Waals surface area (Å²) in [7, 11) is 0. The first kappa shape index (κ1) is 11.3. The van der Waals surface area contributed by atoms with Crippen LogP contribution in [0.3, 0.4) is 0 Å². The molecule has 0 spiro atoms. The molecule has 0 aromatic heterocycles. The third-order valence-corrected chi connectivity index (χ3v) is 2.37. The Balaban J connectivity index is 2.74. The highest BCUT2D eigenvalue weighted by atomic mass is 19.4. The molecule has 1 nitrogen and oxygen atoms in total. The summed E-state index contributed by atoms with van der Waals surface area (Å²) in [6.45, 7) is 1.56. The van der Waals surface area contributed by atoms with Crippen LogP contribution in [0.25, 0.3) is 0 Å². The second-order valence-electron chi connectivity index (χ2n) is 3.46. The standard InChI is InChI=1S/C9H13F4N/c1-7(9(11,12)13)8(10)14-5-3-2-4-6-14/h2-6H2,1H3. The van der Waals surface area contributed by atoms with Crippen molar-refractivity contribution in [1.82, 2.24) is 4.90 Å². The fraction of sp³-hybridized carbons (Fsp3) is 0.778. The lowest BCUT2D eigenvalue weighted by Crippen LogP contribution is -2.30. The predicted molar refractivity (Wildman–Crippen MR) is 45.3 cm³/mol. The van der Waals surface area contributed by atoms with Gasteiger partial charge in [0.25, 0.3) is 0 Å². The molecule has 0 atom stereocenters. The van der Waals surface area contributed by atoms with Crippen molar-refractivity contribution in [3.8, 4) is 0 Å². The predicted octanol–water partition coefficient (Wildman–Crippen LogP) is 3.24. The lowest BCUT2D eigenvalue weighted by Gasteiger charge is -2.28. The molecule has 0 N–H and O–H groups in total. The Morgan fingerprint density at radius 3 is 2.00 bits per heavy atom. The normalized spacial score (nSPS) is 20.8. The minimum absolute atomic E-state index is 0.388. The monoisotopic (exact) mass is 211 g/mol. The van der Waals surface area contributed by atoms with E-state index in [4.69, 9.17) is 0 Å². The third-order valence-electron chi connectivity index (χ3n) is 2.37. The van der Waals surface area contributed by atoms with Crippen molar-refractivity contribution < 1.29 is 17.6 Å². The molecule has 1 aliphatic rings. The lowest BCUT2D eigenvalue weighted by atomic mass is 10.1. The van der Waals surface area contributed by atoms with Gasteiger partial charge < -0.3 is 4.90 Å². The molecule has 1 rings (SSSR count). The Kier molecular flexibility index (Phi) is 3.39. The van der Waals surface area contributed by atoms with E-state index >= 15 is 0 Å². The van der Waals surface area contributed by atoms with Crippen molar-refractivity contribution in [2.75, 3.05) is 13.1 Å². The van der Waals surface area contributed by atoms with E-state index in [0.717, 1.165) is 26.2 Å². The summed E-state index contributed by atoms with van der Waals surface area (Å²) in [6.07, 6.45) is -2.06. The number of piperidine rings is 1. The number of halogens is 4. The molecule has 1 heterocycles. The Morgan fingerprint density at radius 1 is 1.07 bits per heavy atom. The molecular weight excluding hydrogens is 198 g/mol. The van der Waals surface area contributed by atoms with E-state index in [1.165, 1.54) is 4.90 Å². The average molecular weight is 211 g/mol.